The fourth-order valence-electron chi connectivity index (χ4n) is 2.33. The smallest absolute Gasteiger partial charge is 0.313 e. The highest BCUT2D eigenvalue weighted by atomic mass is 32.2. The van der Waals surface area contributed by atoms with Crippen molar-refractivity contribution in [1.82, 2.24) is 14.5 Å². The summed E-state index contributed by atoms with van der Waals surface area (Å²) >= 11 is 1.29. The Morgan fingerprint density at radius 2 is 2.19 bits per heavy atom. The zero-order valence-corrected chi connectivity index (χ0v) is 13.5. The molecule has 0 bridgehead atoms. The largest absolute Gasteiger partial charge is 0.481 e. The van der Waals surface area contributed by atoms with Crippen molar-refractivity contribution in [2.24, 2.45) is 0 Å². The number of carboxylic acid groups (broad SMARTS) is 1. The van der Waals surface area contributed by atoms with Crippen LogP contribution in [-0.4, -0.2) is 51.9 Å². The van der Waals surface area contributed by atoms with Crippen molar-refractivity contribution in [2.45, 2.75) is 25.0 Å². The number of benzene rings is 1. The number of carboxylic acids is 1. The van der Waals surface area contributed by atoms with E-state index in [1.165, 1.54) is 17.3 Å². The van der Waals surface area contributed by atoms with Gasteiger partial charge >= 0.3 is 5.97 Å². The number of thioether (sulfide) groups is 1. The summed E-state index contributed by atoms with van der Waals surface area (Å²) in [6, 6.07) is 6.04. The quantitative estimate of drug-likeness (QED) is 0.796. The number of aromatic nitrogens is 2. The van der Waals surface area contributed by atoms with Gasteiger partial charge in [-0.1, -0.05) is 23.9 Å². The van der Waals surface area contributed by atoms with Crippen LogP contribution in [0.4, 0.5) is 0 Å². The molecule has 114 valence electrons. The Kier molecular flexibility index (Phi) is 5.25. The van der Waals surface area contributed by atoms with Crippen LogP contribution in [0.15, 0.2) is 23.4 Å². The number of carbonyl (C=O) groups is 1. The molecule has 1 aromatic heterocycles. The van der Waals surface area contributed by atoms with Crippen LogP contribution in [0.25, 0.3) is 11.0 Å². The molecule has 0 aliphatic heterocycles. The third-order valence-electron chi connectivity index (χ3n) is 3.25. The van der Waals surface area contributed by atoms with Crippen molar-refractivity contribution in [3.05, 3.63) is 23.8 Å². The van der Waals surface area contributed by atoms with Gasteiger partial charge in [0.25, 0.3) is 0 Å². The number of nitrogens with zero attached hydrogens (tertiary/aromatic N) is 3. The van der Waals surface area contributed by atoms with E-state index < -0.39 is 5.97 Å². The first-order valence-electron chi connectivity index (χ1n) is 6.94. The fraction of sp³-hybridized carbons (Fsp3) is 0.467. The molecular formula is C15H21N3O2S. The van der Waals surface area contributed by atoms with Gasteiger partial charge in [-0.2, -0.15) is 0 Å². The van der Waals surface area contributed by atoms with E-state index in [1.54, 1.807) is 0 Å². The molecule has 1 aromatic carbocycles. The lowest BCUT2D eigenvalue weighted by Gasteiger charge is -2.12. The highest BCUT2D eigenvalue weighted by Gasteiger charge is 2.14. The van der Waals surface area contributed by atoms with E-state index in [0.717, 1.165) is 35.7 Å². The molecule has 0 saturated carbocycles. The first-order chi connectivity index (χ1) is 9.99. The van der Waals surface area contributed by atoms with E-state index >= 15 is 0 Å². The standard InChI is InChI=1S/C15H21N3O2S/c1-11-6-4-7-12-14(11)18(9-5-8-17(2)3)15(16-12)21-10-13(19)20/h4,6-7H,5,8-10H2,1-3H3,(H,19,20). The maximum Gasteiger partial charge on any atom is 0.313 e. The van der Waals surface area contributed by atoms with Crippen molar-refractivity contribution in [3.63, 3.8) is 0 Å². The average Bonchev–Trinajstić information content (AvgIpc) is 2.75. The number of hydrogen-bond acceptors (Lipinski definition) is 4. The second-order valence-corrected chi connectivity index (χ2v) is 6.27. The van der Waals surface area contributed by atoms with Gasteiger partial charge in [0.15, 0.2) is 5.16 Å². The van der Waals surface area contributed by atoms with E-state index in [0.29, 0.717) is 0 Å². The summed E-state index contributed by atoms with van der Waals surface area (Å²) in [5.41, 5.74) is 3.23. The lowest BCUT2D eigenvalue weighted by Crippen LogP contribution is -2.15. The highest BCUT2D eigenvalue weighted by molar-refractivity contribution is 7.99. The van der Waals surface area contributed by atoms with Crippen LogP contribution < -0.4 is 0 Å². The zero-order chi connectivity index (χ0) is 15.4. The van der Waals surface area contributed by atoms with Crippen LogP contribution >= 0.6 is 11.8 Å². The molecule has 1 N–H and O–H groups in total. The molecule has 5 nitrogen and oxygen atoms in total. The summed E-state index contributed by atoms with van der Waals surface area (Å²) in [6.45, 7) is 3.91. The second kappa shape index (κ2) is 6.95. The van der Waals surface area contributed by atoms with Crippen LogP contribution in [0.3, 0.4) is 0 Å². The average molecular weight is 307 g/mol. The van der Waals surface area contributed by atoms with Gasteiger partial charge in [0.05, 0.1) is 16.8 Å². The highest BCUT2D eigenvalue weighted by Crippen LogP contribution is 2.26. The number of para-hydroxylation sites is 1. The van der Waals surface area contributed by atoms with Gasteiger partial charge in [-0.05, 0) is 45.6 Å². The summed E-state index contributed by atoms with van der Waals surface area (Å²) in [7, 11) is 4.11. The molecule has 2 aromatic rings. The molecule has 6 heteroatoms. The third kappa shape index (κ3) is 3.98. The van der Waals surface area contributed by atoms with Gasteiger partial charge in [-0.25, -0.2) is 4.98 Å². The number of fused-ring (bicyclic) bond motifs is 1. The molecule has 0 fully saturated rings. The minimum absolute atomic E-state index is 0.0377. The Balaban J connectivity index is 2.31. The summed E-state index contributed by atoms with van der Waals surface area (Å²) in [5.74, 6) is -0.778. The van der Waals surface area contributed by atoms with Gasteiger partial charge in [0.1, 0.15) is 0 Å². The summed E-state index contributed by atoms with van der Waals surface area (Å²) in [6.07, 6.45) is 1.01. The Hall–Kier alpha value is -1.53. The fourth-order valence-corrected chi connectivity index (χ4v) is 3.09. The summed E-state index contributed by atoms with van der Waals surface area (Å²) < 4.78 is 2.15. The monoisotopic (exact) mass is 307 g/mol. The predicted octanol–water partition coefficient (Wildman–Crippen LogP) is 2.47. The van der Waals surface area contributed by atoms with Crippen LogP contribution in [0.2, 0.25) is 0 Å². The van der Waals surface area contributed by atoms with Crippen LogP contribution in [0.5, 0.6) is 0 Å². The van der Waals surface area contributed by atoms with E-state index in [4.69, 9.17) is 5.11 Å². The Morgan fingerprint density at radius 3 is 2.86 bits per heavy atom. The summed E-state index contributed by atoms with van der Waals surface area (Å²) in [4.78, 5) is 17.5. The molecule has 0 unspecified atom stereocenters. The molecule has 0 spiro atoms. The molecule has 0 aliphatic carbocycles. The molecule has 0 saturated heterocycles. The van der Waals surface area contributed by atoms with Gasteiger partial charge in [0.2, 0.25) is 0 Å². The van der Waals surface area contributed by atoms with Gasteiger partial charge in [0, 0.05) is 6.54 Å². The maximum atomic E-state index is 10.8. The minimum Gasteiger partial charge on any atom is -0.481 e. The molecule has 0 atom stereocenters. The molecule has 1 heterocycles. The van der Waals surface area contributed by atoms with Crippen LogP contribution in [0, 0.1) is 6.92 Å². The normalized spacial score (nSPS) is 11.4. The van der Waals surface area contributed by atoms with Gasteiger partial charge in [-0.3, -0.25) is 4.79 Å². The van der Waals surface area contributed by atoms with Gasteiger partial charge in [-0.15, -0.1) is 0 Å². The lowest BCUT2D eigenvalue weighted by atomic mass is 10.2. The number of aryl methyl sites for hydroxylation is 2. The number of hydrogen-bond donors (Lipinski definition) is 1. The minimum atomic E-state index is -0.816. The zero-order valence-electron chi connectivity index (χ0n) is 12.7. The van der Waals surface area contributed by atoms with E-state index in [2.05, 4.69) is 41.5 Å². The molecule has 21 heavy (non-hydrogen) atoms. The molecule has 2 rings (SSSR count). The Labute approximate surface area is 129 Å². The van der Waals surface area contributed by atoms with Crippen molar-refractivity contribution in [2.75, 3.05) is 26.4 Å². The van der Waals surface area contributed by atoms with Crippen LogP contribution in [-0.2, 0) is 11.3 Å². The Morgan fingerprint density at radius 1 is 1.43 bits per heavy atom. The number of aliphatic carboxylic acids is 1. The van der Waals surface area contributed by atoms with E-state index in [9.17, 15) is 4.79 Å². The Bertz CT molecular complexity index is 637. The van der Waals surface area contributed by atoms with E-state index in [1.807, 2.05) is 12.1 Å². The van der Waals surface area contributed by atoms with Crippen molar-refractivity contribution >= 4 is 28.8 Å². The van der Waals surface area contributed by atoms with Crippen molar-refractivity contribution < 1.29 is 9.90 Å². The topological polar surface area (TPSA) is 58.4 Å². The lowest BCUT2D eigenvalue weighted by molar-refractivity contribution is -0.133. The SMILES string of the molecule is Cc1cccc2nc(SCC(=O)O)n(CCCN(C)C)c12. The third-order valence-corrected chi connectivity index (χ3v) is 4.21. The predicted molar refractivity (Wildman–Crippen MR) is 86.0 cm³/mol. The maximum absolute atomic E-state index is 10.8. The van der Waals surface area contributed by atoms with Crippen molar-refractivity contribution in [1.29, 1.82) is 0 Å². The first-order valence-corrected chi connectivity index (χ1v) is 7.93. The molecule has 0 radical (unpaired) electrons. The van der Waals surface area contributed by atoms with E-state index in [-0.39, 0.29) is 5.75 Å². The second-order valence-electron chi connectivity index (χ2n) is 5.33. The van der Waals surface area contributed by atoms with Crippen molar-refractivity contribution in [3.8, 4) is 0 Å². The molecular weight excluding hydrogens is 286 g/mol. The van der Waals surface area contributed by atoms with Crippen LogP contribution in [0.1, 0.15) is 12.0 Å². The number of imidazole rings is 1. The number of rotatable bonds is 7. The first kappa shape index (κ1) is 15.9. The van der Waals surface area contributed by atoms with Gasteiger partial charge < -0.3 is 14.6 Å². The molecule has 0 aliphatic rings. The summed E-state index contributed by atoms with van der Waals surface area (Å²) in [5, 5.41) is 9.67. The molecule has 0 amide bonds.